The minimum Gasteiger partial charge on any atom is -0.260 e. The second-order valence-electron chi connectivity index (χ2n) is 0.690. The molecule has 0 radical (unpaired) electrons. The molecule has 0 aliphatic rings. The van der Waals surface area contributed by atoms with Crippen LogP contribution in [-0.2, 0) is 4.79 Å². The molecule has 0 aliphatic heterocycles. The van der Waals surface area contributed by atoms with E-state index < -0.39 is 6.04 Å². The van der Waals surface area contributed by atoms with E-state index >= 15 is 0 Å². The third-order valence-corrected chi connectivity index (χ3v) is 0.376. The summed E-state index contributed by atoms with van der Waals surface area (Å²) in [7, 11) is 0. The Morgan fingerprint density at radius 1 is 2.00 bits per heavy atom. The minimum atomic E-state index is -1.40. The highest BCUT2D eigenvalue weighted by Crippen LogP contribution is 1.67. The molecule has 0 fully saturated rings. The molecule has 6 heavy (non-hydrogen) atoms. The SMILES string of the molecule is O=C(F)CNS. The molecule has 0 aromatic rings. The Morgan fingerprint density at radius 2 is 2.50 bits per heavy atom. The van der Waals surface area contributed by atoms with Crippen LogP contribution in [0.4, 0.5) is 4.39 Å². The lowest BCUT2D eigenvalue weighted by Crippen LogP contribution is -2.08. The second-order valence-corrected chi connectivity index (χ2v) is 1.01. The number of carbonyl (C=O) groups excluding carboxylic acids is 1. The maximum Gasteiger partial charge on any atom is 0.316 e. The quantitative estimate of drug-likeness (QED) is 0.383. The summed E-state index contributed by atoms with van der Waals surface area (Å²) in [6.07, 6.45) is 0. The number of hydrogen-bond acceptors (Lipinski definition) is 3. The van der Waals surface area contributed by atoms with Crippen molar-refractivity contribution in [1.82, 2.24) is 4.72 Å². The Morgan fingerprint density at radius 3 is 2.50 bits per heavy atom. The molecular formula is C2H4FNOS. The highest BCUT2D eigenvalue weighted by molar-refractivity contribution is 7.78. The van der Waals surface area contributed by atoms with E-state index in [1.807, 2.05) is 4.72 Å². The summed E-state index contributed by atoms with van der Waals surface area (Å²) in [5.41, 5.74) is 0. The van der Waals surface area contributed by atoms with Gasteiger partial charge in [-0.2, -0.15) is 4.39 Å². The molecule has 0 aliphatic carbocycles. The van der Waals surface area contributed by atoms with E-state index in [1.54, 1.807) is 0 Å². The highest BCUT2D eigenvalue weighted by atomic mass is 32.1. The van der Waals surface area contributed by atoms with Crippen LogP contribution in [0.3, 0.4) is 0 Å². The zero-order valence-corrected chi connectivity index (χ0v) is 3.83. The Bertz CT molecular complexity index is 57.5. The van der Waals surface area contributed by atoms with Crippen LogP contribution >= 0.6 is 12.8 Å². The van der Waals surface area contributed by atoms with Crippen LogP contribution in [0.2, 0.25) is 0 Å². The standard InChI is InChI=1S/C2H4FNOS/c3-2(5)1-4-6/h4,6H,1H2. The van der Waals surface area contributed by atoms with Gasteiger partial charge in [0, 0.05) is 0 Å². The molecule has 0 unspecified atom stereocenters. The zero-order valence-electron chi connectivity index (χ0n) is 2.94. The molecule has 1 N–H and O–H groups in total. The van der Waals surface area contributed by atoms with Crippen LogP contribution < -0.4 is 4.72 Å². The second kappa shape index (κ2) is 3.11. The molecule has 0 heterocycles. The predicted octanol–water partition coefficient (Wildman–Crippen LogP) is -0.0831. The first-order chi connectivity index (χ1) is 2.77. The topological polar surface area (TPSA) is 29.1 Å². The van der Waals surface area contributed by atoms with Gasteiger partial charge in [-0.3, -0.25) is 9.52 Å². The molecule has 0 spiro atoms. The Kier molecular flexibility index (Phi) is 3.07. The number of halogens is 1. The first kappa shape index (κ1) is 5.91. The van der Waals surface area contributed by atoms with E-state index in [2.05, 4.69) is 12.8 Å². The van der Waals surface area contributed by atoms with Gasteiger partial charge in [-0.15, -0.1) is 0 Å². The summed E-state index contributed by atoms with van der Waals surface area (Å²) < 4.78 is 13.0. The van der Waals surface area contributed by atoms with Gasteiger partial charge in [0.15, 0.2) is 0 Å². The van der Waals surface area contributed by atoms with Crippen molar-refractivity contribution in [1.29, 1.82) is 0 Å². The highest BCUT2D eigenvalue weighted by Gasteiger charge is 1.89. The van der Waals surface area contributed by atoms with Crippen molar-refractivity contribution in [3.8, 4) is 0 Å². The Labute approximate surface area is 40.3 Å². The van der Waals surface area contributed by atoms with Gasteiger partial charge in [0.2, 0.25) is 0 Å². The molecule has 0 aromatic carbocycles. The maximum absolute atomic E-state index is 11.0. The fraction of sp³-hybridized carbons (Fsp3) is 0.500. The van der Waals surface area contributed by atoms with Gasteiger partial charge in [0.05, 0.1) is 6.54 Å². The summed E-state index contributed by atoms with van der Waals surface area (Å²) in [6.45, 7) is -0.316. The Hall–Kier alpha value is -0.0900. The van der Waals surface area contributed by atoms with Crippen molar-refractivity contribution in [2.45, 2.75) is 0 Å². The van der Waals surface area contributed by atoms with E-state index in [-0.39, 0.29) is 6.54 Å². The van der Waals surface area contributed by atoms with Gasteiger partial charge in [-0.05, 0) is 0 Å². The van der Waals surface area contributed by atoms with Crippen molar-refractivity contribution >= 4 is 18.9 Å². The average molecular weight is 109 g/mol. The normalized spacial score (nSPS) is 8.33. The molecule has 4 heteroatoms. The molecule has 0 atom stereocenters. The molecule has 0 aromatic heterocycles. The molecule has 0 saturated heterocycles. The van der Waals surface area contributed by atoms with Crippen LogP contribution in [-0.4, -0.2) is 12.6 Å². The van der Waals surface area contributed by atoms with Crippen molar-refractivity contribution in [3.05, 3.63) is 0 Å². The number of hydrogen-bond donors (Lipinski definition) is 2. The van der Waals surface area contributed by atoms with Crippen molar-refractivity contribution in [3.63, 3.8) is 0 Å². The van der Waals surface area contributed by atoms with Gasteiger partial charge >= 0.3 is 6.04 Å². The molecule has 0 amide bonds. The largest absolute Gasteiger partial charge is 0.316 e. The monoisotopic (exact) mass is 109 g/mol. The van der Waals surface area contributed by atoms with Gasteiger partial charge in [-0.25, -0.2) is 0 Å². The summed E-state index contributed by atoms with van der Waals surface area (Å²) in [5, 5.41) is 0. The first-order valence-corrected chi connectivity index (χ1v) is 1.77. The van der Waals surface area contributed by atoms with Crippen molar-refractivity contribution in [2.24, 2.45) is 0 Å². The third-order valence-electron chi connectivity index (χ3n) is 0.218. The van der Waals surface area contributed by atoms with E-state index in [4.69, 9.17) is 0 Å². The van der Waals surface area contributed by atoms with Crippen molar-refractivity contribution < 1.29 is 9.18 Å². The van der Waals surface area contributed by atoms with Crippen LogP contribution in [0.1, 0.15) is 0 Å². The lowest BCUT2D eigenvalue weighted by Gasteiger charge is -1.80. The molecule has 2 nitrogen and oxygen atoms in total. The number of thiol groups is 1. The number of carbonyl (C=O) groups is 1. The van der Waals surface area contributed by atoms with Gasteiger partial charge in [-0.1, -0.05) is 12.8 Å². The van der Waals surface area contributed by atoms with Gasteiger partial charge in [0.25, 0.3) is 0 Å². The Balaban J connectivity index is 2.83. The third kappa shape index (κ3) is 3.91. The van der Waals surface area contributed by atoms with Crippen LogP contribution in [0.15, 0.2) is 0 Å². The van der Waals surface area contributed by atoms with Crippen LogP contribution in [0.5, 0.6) is 0 Å². The lowest BCUT2D eigenvalue weighted by molar-refractivity contribution is -0.127. The van der Waals surface area contributed by atoms with Gasteiger partial charge in [0.1, 0.15) is 0 Å². The zero-order chi connectivity index (χ0) is 4.99. The lowest BCUT2D eigenvalue weighted by atomic mass is 10.7. The summed E-state index contributed by atoms with van der Waals surface area (Å²) in [4.78, 5) is 9.27. The summed E-state index contributed by atoms with van der Waals surface area (Å²) in [6, 6.07) is -1.40. The minimum absolute atomic E-state index is 0.316. The number of nitrogens with one attached hydrogen (secondary N) is 1. The van der Waals surface area contributed by atoms with E-state index in [1.165, 1.54) is 0 Å². The van der Waals surface area contributed by atoms with E-state index in [0.717, 1.165) is 0 Å². The maximum atomic E-state index is 11.0. The van der Waals surface area contributed by atoms with Crippen molar-refractivity contribution in [2.75, 3.05) is 6.54 Å². The van der Waals surface area contributed by atoms with E-state index in [0.29, 0.717) is 0 Å². The molecular weight excluding hydrogens is 105 g/mol. The van der Waals surface area contributed by atoms with Gasteiger partial charge < -0.3 is 0 Å². The summed E-state index contributed by atoms with van der Waals surface area (Å²) >= 11 is 3.35. The fourth-order valence-corrected chi connectivity index (χ4v) is 0.186. The van der Waals surface area contributed by atoms with E-state index in [9.17, 15) is 9.18 Å². The molecule has 0 rings (SSSR count). The molecule has 0 bridgehead atoms. The number of rotatable bonds is 2. The predicted molar refractivity (Wildman–Crippen MR) is 23.1 cm³/mol. The first-order valence-electron chi connectivity index (χ1n) is 1.32. The fourth-order valence-electron chi connectivity index (χ4n) is 0.0622. The average Bonchev–Trinajstić information content (AvgIpc) is 1.35. The molecule has 36 valence electrons. The summed E-state index contributed by atoms with van der Waals surface area (Å²) in [5.74, 6) is 0. The van der Waals surface area contributed by atoms with Crippen LogP contribution in [0, 0.1) is 0 Å². The smallest absolute Gasteiger partial charge is 0.260 e. The molecule has 0 saturated carbocycles. The van der Waals surface area contributed by atoms with Crippen LogP contribution in [0.25, 0.3) is 0 Å².